The van der Waals surface area contributed by atoms with E-state index in [0.29, 0.717) is 13.2 Å². The van der Waals surface area contributed by atoms with Crippen LogP contribution in [-0.2, 0) is 9.47 Å². The van der Waals surface area contributed by atoms with Crippen LogP contribution in [0.4, 0.5) is 0 Å². The molecule has 0 unspecified atom stereocenters. The van der Waals surface area contributed by atoms with Crippen molar-refractivity contribution in [3.63, 3.8) is 0 Å². The van der Waals surface area contributed by atoms with Gasteiger partial charge in [0.1, 0.15) is 0 Å². The molecule has 0 N–H and O–H groups in total. The molecule has 1 aromatic heterocycles. The Hall–Kier alpha value is -1.57. The number of ketones is 1. The predicted molar refractivity (Wildman–Crippen MR) is 106 cm³/mol. The minimum absolute atomic E-state index is 0.0414. The van der Waals surface area contributed by atoms with E-state index < -0.39 is 0 Å². The summed E-state index contributed by atoms with van der Waals surface area (Å²) < 4.78 is 11.1. The maximum atomic E-state index is 13.7. The van der Waals surface area contributed by atoms with Gasteiger partial charge in [0.2, 0.25) is 0 Å². The number of carbonyl (C=O) groups is 1. The van der Waals surface area contributed by atoms with Gasteiger partial charge in [0, 0.05) is 36.6 Å². The highest BCUT2D eigenvalue weighted by Crippen LogP contribution is 2.34. The van der Waals surface area contributed by atoms with Crippen LogP contribution in [0.3, 0.4) is 0 Å². The Balaban J connectivity index is 1.72. The van der Waals surface area contributed by atoms with E-state index in [-0.39, 0.29) is 17.9 Å². The van der Waals surface area contributed by atoms with Crippen LogP contribution in [0.2, 0.25) is 0 Å². The first-order chi connectivity index (χ1) is 13.3. The van der Waals surface area contributed by atoms with E-state index in [9.17, 15) is 4.79 Å². The topological polar surface area (TPSA) is 42.0 Å². The normalized spacial score (nSPS) is 21.6. The summed E-state index contributed by atoms with van der Waals surface area (Å²) in [5.41, 5.74) is 0.781. The summed E-state index contributed by atoms with van der Waals surface area (Å²) in [6, 6.07) is 13.8. The summed E-state index contributed by atoms with van der Waals surface area (Å²) in [7, 11) is 0. The van der Waals surface area contributed by atoms with Crippen LogP contribution in [0, 0.1) is 0 Å². The van der Waals surface area contributed by atoms with Gasteiger partial charge < -0.3 is 9.47 Å². The molecule has 2 saturated heterocycles. The van der Waals surface area contributed by atoms with Gasteiger partial charge in [0.25, 0.3) is 0 Å². The molecule has 2 aromatic rings. The Bertz CT molecular complexity index is 710. The van der Waals surface area contributed by atoms with Gasteiger partial charge in [-0.2, -0.15) is 0 Å². The Morgan fingerprint density at radius 2 is 1.48 bits per heavy atom. The number of rotatable bonds is 6. The fraction of sp³-hybridized carbons (Fsp3) is 0.476. The highest BCUT2D eigenvalue weighted by atomic mass is 32.1. The van der Waals surface area contributed by atoms with E-state index >= 15 is 0 Å². The highest BCUT2D eigenvalue weighted by Gasteiger charge is 2.40. The second-order valence-electron chi connectivity index (χ2n) is 6.93. The molecule has 3 heterocycles. The van der Waals surface area contributed by atoms with E-state index in [4.69, 9.17) is 9.47 Å². The molecule has 0 aliphatic carbocycles. The first-order valence-electron chi connectivity index (χ1n) is 9.61. The molecule has 0 radical (unpaired) electrons. The third kappa shape index (κ3) is 4.31. The number of nitrogens with zero attached hydrogens (tertiary/aromatic N) is 2. The number of Topliss-reactive ketones (excluding diaryl/α,β-unsaturated/α-hetero) is 1. The molecule has 5 nitrogen and oxygen atoms in total. The summed E-state index contributed by atoms with van der Waals surface area (Å²) in [6.45, 7) is 6.08. The van der Waals surface area contributed by atoms with E-state index in [2.05, 4.69) is 27.3 Å². The molecule has 0 bridgehead atoms. The Morgan fingerprint density at radius 1 is 0.852 bits per heavy atom. The van der Waals surface area contributed by atoms with Crippen molar-refractivity contribution < 1.29 is 14.3 Å². The van der Waals surface area contributed by atoms with Gasteiger partial charge >= 0.3 is 0 Å². The molecule has 144 valence electrons. The van der Waals surface area contributed by atoms with Gasteiger partial charge in [-0.1, -0.05) is 36.4 Å². The van der Waals surface area contributed by atoms with Crippen molar-refractivity contribution in [1.82, 2.24) is 9.80 Å². The van der Waals surface area contributed by atoms with Crippen molar-refractivity contribution in [1.29, 1.82) is 0 Å². The molecular formula is C21H26N2O3S. The maximum absolute atomic E-state index is 13.7. The molecule has 4 rings (SSSR count). The molecule has 6 heteroatoms. The van der Waals surface area contributed by atoms with Crippen molar-refractivity contribution in [3.8, 4) is 0 Å². The van der Waals surface area contributed by atoms with Crippen molar-refractivity contribution in [2.45, 2.75) is 12.1 Å². The molecule has 2 fully saturated rings. The fourth-order valence-corrected chi connectivity index (χ4v) is 4.88. The summed E-state index contributed by atoms with van der Waals surface area (Å²) in [5.74, 6) is 0.197. The van der Waals surface area contributed by atoms with E-state index in [1.807, 2.05) is 30.3 Å². The average Bonchev–Trinajstić information content (AvgIpc) is 3.28. The predicted octanol–water partition coefficient (Wildman–Crippen LogP) is 2.71. The number of thiophene rings is 1. The summed E-state index contributed by atoms with van der Waals surface area (Å²) in [6.07, 6.45) is 0. The van der Waals surface area contributed by atoms with Crippen LogP contribution < -0.4 is 0 Å². The lowest BCUT2D eigenvalue weighted by molar-refractivity contribution is -0.0294. The Kier molecular flexibility index (Phi) is 6.32. The van der Waals surface area contributed by atoms with E-state index in [1.54, 1.807) is 11.3 Å². The van der Waals surface area contributed by atoms with Crippen LogP contribution in [0.25, 0.3) is 0 Å². The molecule has 0 amide bonds. The van der Waals surface area contributed by atoms with E-state index in [1.165, 1.54) is 4.88 Å². The van der Waals surface area contributed by atoms with Gasteiger partial charge in [-0.3, -0.25) is 14.6 Å². The maximum Gasteiger partial charge on any atom is 0.181 e. The molecular weight excluding hydrogens is 360 g/mol. The van der Waals surface area contributed by atoms with Crippen molar-refractivity contribution in [2.24, 2.45) is 0 Å². The van der Waals surface area contributed by atoms with Crippen LogP contribution in [-0.4, -0.2) is 74.2 Å². The lowest BCUT2D eigenvalue weighted by Crippen LogP contribution is -2.55. The number of ether oxygens (including phenoxy) is 2. The quantitative estimate of drug-likeness (QED) is 0.714. The number of carbonyl (C=O) groups excluding carboxylic acids is 1. The summed E-state index contributed by atoms with van der Waals surface area (Å²) in [4.78, 5) is 19.7. The molecule has 0 saturated carbocycles. The van der Waals surface area contributed by atoms with Crippen molar-refractivity contribution >= 4 is 17.1 Å². The highest BCUT2D eigenvalue weighted by molar-refractivity contribution is 7.10. The zero-order valence-electron chi connectivity index (χ0n) is 15.5. The zero-order chi connectivity index (χ0) is 18.5. The first kappa shape index (κ1) is 18.8. The third-order valence-electron chi connectivity index (χ3n) is 5.34. The van der Waals surface area contributed by atoms with Gasteiger partial charge in [-0.25, -0.2) is 0 Å². The van der Waals surface area contributed by atoms with Gasteiger partial charge in [-0.05, 0) is 11.4 Å². The average molecular weight is 387 g/mol. The van der Waals surface area contributed by atoms with Crippen molar-refractivity contribution in [2.75, 3.05) is 52.6 Å². The summed E-state index contributed by atoms with van der Waals surface area (Å²) in [5, 5.41) is 2.10. The fourth-order valence-electron chi connectivity index (χ4n) is 3.99. The monoisotopic (exact) mass is 386 g/mol. The van der Waals surface area contributed by atoms with Gasteiger partial charge in [-0.15, -0.1) is 11.3 Å². The SMILES string of the molecule is O=C(c1ccccc1)[C@H]([C@H](c1cccs1)N1CCOCC1)N1CCOCC1. The number of hydrogen-bond donors (Lipinski definition) is 0. The van der Waals surface area contributed by atoms with Crippen LogP contribution >= 0.6 is 11.3 Å². The number of morpholine rings is 2. The van der Waals surface area contributed by atoms with Gasteiger partial charge in [0.05, 0.1) is 38.5 Å². The number of hydrogen-bond acceptors (Lipinski definition) is 6. The van der Waals surface area contributed by atoms with Crippen LogP contribution in [0.15, 0.2) is 47.8 Å². The zero-order valence-corrected chi connectivity index (χ0v) is 16.3. The second kappa shape index (κ2) is 9.08. The molecule has 2 aliphatic heterocycles. The second-order valence-corrected chi connectivity index (χ2v) is 7.91. The first-order valence-corrected chi connectivity index (χ1v) is 10.5. The smallest absolute Gasteiger partial charge is 0.181 e. The lowest BCUT2D eigenvalue weighted by Gasteiger charge is -2.43. The molecule has 1 aromatic carbocycles. The van der Waals surface area contributed by atoms with Crippen LogP contribution in [0.1, 0.15) is 21.3 Å². The Morgan fingerprint density at radius 3 is 2.07 bits per heavy atom. The van der Waals surface area contributed by atoms with Crippen molar-refractivity contribution in [3.05, 3.63) is 58.3 Å². The molecule has 27 heavy (non-hydrogen) atoms. The third-order valence-corrected chi connectivity index (χ3v) is 6.28. The molecule has 2 aliphatic rings. The van der Waals surface area contributed by atoms with E-state index in [0.717, 1.165) is 45.0 Å². The minimum atomic E-state index is -0.215. The standard InChI is InChI=1S/C21H26N2O3S/c24-21(17-5-2-1-3-6-17)20(23-10-14-26-15-11-23)19(18-7-4-16-27-18)22-8-12-25-13-9-22/h1-7,16,19-20H,8-15H2/t19-,20-/m0/s1. The minimum Gasteiger partial charge on any atom is -0.379 e. The molecule has 2 atom stereocenters. The summed E-state index contributed by atoms with van der Waals surface area (Å²) >= 11 is 1.74. The largest absolute Gasteiger partial charge is 0.379 e. The number of benzene rings is 1. The molecule has 0 spiro atoms. The Labute approximate surface area is 164 Å². The van der Waals surface area contributed by atoms with Crippen LogP contribution in [0.5, 0.6) is 0 Å². The lowest BCUT2D eigenvalue weighted by atomic mass is 9.93. The van der Waals surface area contributed by atoms with Gasteiger partial charge in [0.15, 0.2) is 5.78 Å².